The van der Waals surface area contributed by atoms with E-state index in [1.165, 1.54) is 16.7 Å². The zero-order valence-corrected chi connectivity index (χ0v) is 14.1. The van der Waals surface area contributed by atoms with Crippen LogP contribution in [-0.2, 0) is 17.1 Å². The average Bonchev–Trinajstić information content (AvgIpc) is 2.80. The monoisotopic (exact) mass is 339 g/mol. The summed E-state index contributed by atoms with van der Waals surface area (Å²) in [6.07, 6.45) is 2.11. The van der Waals surface area contributed by atoms with Crippen LogP contribution in [0.5, 0.6) is 0 Å². The van der Waals surface area contributed by atoms with Crippen LogP contribution in [0.1, 0.15) is 12.8 Å². The van der Waals surface area contributed by atoms with Crippen LogP contribution in [0, 0.1) is 5.92 Å². The lowest BCUT2D eigenvalue weighted by atomic mass is 9.99. The molecule has 1 atom stereocenters. The number of rotatable bonds is 4. The lowest BCUT2D eigenvalue weighted by Gasteiger charge is -2.29. The summed E-state index contributed by atoms with van der Waals surface area (Å²) in [7, 11) is 0.0191. The molecule has 0 saturated carbocycles. The number of fused-ring (bicyclic) bond motifs is 1. The third kappa shape index (κ3) is 3.34. The number of piperidine rings is 1. The van der Waals surface area contributed by atoms with Crippen LogP contribution in [0.25, 0.3) is 11.1 Å². The van der Waals surface area contributed by atoms with Gasteiger partial charge in [0, 0.05) is 26.2 Å². The molecule has 2 aromatic rings. The van der Waals surface area contributed by atoms with E-state index in [0.717, 1.165) is 25.9 Å². The molecule has 8 heteroatoms. The van der Waals surface area contributed by atoms with Crippen LogP contribution in [0.4, 0.5) is 0 Å². The molecule has 0 amide bonds. The van der Waals surface area contributed by atoms with E-state index < -0.39 is 15.8 Å². The van der Waals surface area contributed by atoms with Crippen molar-refractivity contribution in [1.82, 2.24) is 14.2 Å². The second-order valence-electron chi connectivity index (χ2n) is 6.18. The van der Waals surface area contributed by atoms with Gasteiger partial charge < -0.3 is 9.32 Å². The smallest absolute Gasteiger partial charge is 0.408 e. The molecule has 0 spiro atoms. The first-order chi connectivity index (χ1) is 10.9. The molecule has 1 N–H and O–H groups in total. The summed E-state index contributed by atoms with van der Waals surface area (Å²) >= 11 is 0. The highest BCUT2D eigenvalue weighted by atomic mass is 32.2. The van der Waals surface area contributed by atoms with Gasteiger partial charge in [0.05, 0.1) is 10.4 Å². The molecular formula is C15H21N3O4S. The minimum Gasteiger partial charge on any atom is -0.408 e. The number of hydrogen-bond acceptors (Lipinski definition) is 5. The number of benzene rings is 1. The van der Waals surface area contributed by atoms with E-state index in [4.69, 9.17) is 4.42 Å². The lowest BCUT2D eigenvalue weighted by Crippen LogP contribution is -2.39. The van der Waals surface area contributed by atoms with Gasteiger partial charge in [-0.15, -0.1) is 0 Å². The Bertz CT molecular complexity index is 868. The Labute approximate surface area is 134 Å². The number of oxazole rings is 1. The Morgan fingerprint density at radius 2 is 2.13 bits per heavy atom. The highest BCUT2D eigenvalue weighted by Crippen LogP contribution is 2.19. The number of aryl methyl sites for hydroxylation is 1. The second-order valence-corrected chi connectivity index (χ2v) is 7.95. The fourth-order valence-corrected chi connectivity index (χ4v) is 4.16. The number of nitrogens with zero attached hydrogens (tertiary/aromatic N) is 2. The molecule has 0 bridgehead atoms. The molecule has 0 unspecified atom stereocenters. The van der Waals surface area contributed by atoms with E-state index in [0.29, 0.717) is 18.0 Å². The van der Waals surface area contributed by atoms with Crippen LogP contribution in [0.2, 0.25) is 0 Å². The molecule has 126 valence electrons. The SMILES string of the molecule is CN1CCC[C@@H](CNS(=O)(=O)c2ccc3c(c2)oc(=O)n3C)C1. The molecule has 1 aromatic heterocycles. The Morgan fingerprint density at radius 1 is 1.35 bits per heavy atom. The van der Waals surface area contributed by atoms with Gasteiger partial charge in [-0.25, -0.2) is 17.9 Å². The van der Waals surface area contributed by atoms with Gasteiger partial charge in [0.1, 0.15) is 0 Å². The lowest BCUT2D eigenvalue weighted by molar-refractivity contribution is 0.211. The average molecular weight is 339 g/mol. The summed E-state index contributed by atoms with van der Waals surface area (Å²) in [5.41, 5.74) is 0.848. The first-order valence-corrected chi connectivity index (χ1v) is 9.13. The summed E-state index contributed by atoms with van der Waals surface area (Å²) in [6, 6.07) is 4.47. The maximum absolute atomic E-state index is 12.4. The van der Waals surface area contributed by atoms with E-state index in [9.17, 15) is 13.2 Å². The predicted octanol–water partition coefficient (Wildman–Crippen LogP) is 0.752. The van der Waals surface area contributed by atoms with Gasteiger partial charge in [-0.05, 0) is 44.5 Å². The van der Waals surface area contributed by atoms with Crippen molar-refractivity contribution in [2.75, 3.05) is 26.7 Å². The molecule has 0 radical (unpaired) electrons. The van der Waals surface area contributed by atoms with Crippen LogP contribution in [0.15, 0.2) is 32.3 Å². The van der Waals surface area contributed by atoms with Gasteiger partial charge in [-0.2, -0.15) is 0 Å². The van der Waals surface area contributed by atoms with E-state index in [2.05, 4.69) is 9.62 Å². The molecule has 0 aliphatic carbocycles. The van der Waals surface area contributed by atoms with Crippen molar-refractivity contribution in [3.05, 3.63) is 28.7 Å². The van der Waals surface area contributed by atoms with Gasteiger partial charge in [0.2, 0.25) is 10.0 Å². The van der Waals surface area contributed by atoms with Gasteiger partial charge >= 0.3 is 5.76 Å². The van der Waals surface area contributed by atoms with Crippen molar-refractivity contribution in [2.24, 2.45) is 13.0 Å². The Kier molecular flexibility index (Phi) is 4.31. The highest BCUT2D eigenvalue weighted by molar-refractivity contribution is 7.89. The van der Waals surface area contributed by atoms with Crippen molar-refractivity contribution < 1.29 is 12.8 Å². The topological polar surface area (TPSA) is 84.6 Å². The second kappa shape index (κ2) is 6.10. The number of likely N-dealkylation sites (tertiary alicyclic amines) is 1. The minimum absolute atomic E-state index is 0.114. The summed E-state index contributed by atoms with van der Waals surface area (Å²) in [5, 5.41) is 0. The van der Waals surface area contributed by atoms with Crippen molar-refractivity contribution in [3.63, 3.8) is 0 Å². The van der Waals surface area contributed by atoms with Crippen molar-refractivity contribution in [1.29, 1.82) is 0 Å². The summed E-state index contributed by atoms with van der Waals surface area (Å²) < 4.78 is 33.9. The van der Waals surface area contributed by atoms with Gasteiger partial charge in [-0.1, -0.05) is 0 Å². The Balaban J connectivity index is 1.78. The molecule has 1 aromatic carbocycles. The minimum atomic E-state index is -3.61. The van der Waals surface area contributed by atoms with E-state index in [-0.39, 0.29) is 10.5 Å². The molecule has 1 saturated heterocycles. The van der Waals surface area contributed by atoms with E-state index in [1.54, 1.807) is 13.1 Å². The van der Waals surface area contributed by atoms with Gasteiger partial charge in [-0.3, -0.25) is 4.57 Å². The zero-order valence-electron chi connectivity index (χ0n) is 13.3. The zero-order chi connectivity index (χ0) is 16.6. The molecule has 7 nitrogen and oxygen atoms in total. The fourth-order valence-electron chi connectivity index (χ4n) is 3.03. The highest BCUT2D eigenvalue weighted by Gasteiger charge is 2.21. The summed E-state index contributed by atoms with van der Waals surface area (Å²) in [6.45, 7) is 2.38. The van der Waals surface area contributed by atoms with Crippen molar-refractivity contribution in [2.45, 2.75) is 17.7 Å². The normalized spacial score (nSPS) is 20.2. The molecule has 23 heavy (non-hydrogen) atoms. The maximum atomic E-state index is 12.4. The van der Waals surface area contributed by atoms with Crippen LogP contribution < -0.4 is 10.5 Å². The number of hydrogen-bond donors (Lipinski definition) is 1. The molecule has 3 rings (SSSR count). The molecule has 1 fully saturated rings. The van der Waals surface area contributed by atoms with Crippen LogP contribution in [0.3, 0.4) is 0 Å². The van der Waals surface area contributed by atoms with Crippen LogP contribution >= 0.6 is 0 Å². The van der Waals surface area contributed by atoms with E-state index in [1.807, 2.05) is 7.05 Å². The standard InChI is InChI=1S/C15H21N3O4S/c1-17-7-3-4-11(10-17)9-16-23(20,21)12-5-6-13-14(8-12)22-15(19)18(13)2/h5-6,8,11,16H,3-4,7,9-10H2,1-2H3/t11-/m0/s1. The van der Waals surface area contributed by atoms with E-state index >= 15 is 0 Å². The Morgan fingerprint density at radius 3 is 2.87 bits per heavy atom. The maximum Gasteiger partial charge on any atom is 0.419 e. The first-order valence-electron chi connectivity index (χ1n) is 7.64. The molecule has 2 heterocycles. The number of nitrogens with one attached hydrogen (secondary N) is 1. The fraction of sp³-hybridized carbons (Fsp3) is 0.533. The van der Waals surface area contributed by atoms with Crippen molar-refractivity contribution >= 4 is 21.1 Å². The summed E-state index contributed by atoms with van der Waals surface area (Å²) in [4.78, 5) is 13.8. The quantitative estimate of drug-likeness (QED) is 0.889. The molecular weight excluding hydrogens is 318 g/mol. The van der Waals surface area contributed by atoms with Gasteiger partial charge in [0.25, 0.3) is 0 Å². The predicted molar refractivity (Wildman–Crippen MR) is 86.9 cm³/mol. The molecule has 1 aliphatic rings. The first kappa shape index (κ1) is 16.2. The Hall–Kier alpha value is -1.64. The number of sulfonamides is 1. The van der Waals surface area contributed by atoms with Gasteiger partial charge in [0.15, 0.2) is 5.58 Å². The molecule has 1 aliphatic heterocycles. The summed E-state index contributed by atoms with van der Waals surface area (Å²) in [5.74, 6) is -0.185. The third-order valence-electron chi connectivity index (χ3n) is 4.36. The largest absolute Gasteiger partial charge is 0.419 e. The number of aromatic nitrogens is 1. The van der Waals surface area contributed by atoms with Crippen molar-refractivity contribution in [3.8, 4) is 0 Å². The third-order valence-corrected chi connectivity index (χ3v) is 5.78. The van der Waals surface area contributed by atoms with Crippen LogP contribution in [-0.4, -0.2) is 44.6 Å².